The smallest absolute Gasteiger partial charge is 0.411 e. The number of hydrogen-bond acceptors (Lipinski definition) is 2. The molecular formula is C13H16ClNO2. The fourth-order valence-corrected chi connectivity index (χ4v) is 1.63. The van der Waals surface area contributed by atoms with Crippen molar-refractivity contribution in [2.24, 2.45) is 0 Å². The summed E-state index contributed by atoms with van der Waals surface area (Å²) in [4.78, 5) is 11.3. The number of carbonyl (C=O) groups excluding carboxylic acids is 1. The lowest BCUT2D eigenvalue weighted by molar-refractivity contribution is 0.161. The van der Waals surface area contributed by atoms with Gasteiger partial charge in [-0.15, -0.1) is 0 Å². The molecule has 0 saturated carbocycles. The standard InChI is InChI=1S/C13H16ClNO2/c1-4-7-17-13(16)15-10-5-6-11(9(2)3)12(14)8-10/h5-6,8H,2,4,7H2,1,3H3,(H,15,16). The highest BCUT2D eigenvalue weighted by Gasteiger charge is 2.06. The van der Waals surface area contributed by atoms with E-state index in [1.165, 1.54) is 0 Å². The summed E-state index contributed by atoms with van der Waals surface area (Å²) in [5.74, 6) is 0. The van der Waals surface area contributed by atoms with Gasteiger partial charge in [0.2, 0.25) is 0 Å². The predicted molar refractivity (Wildman–Crippen MR) is 71.4 cm³/mol. The van der Waals surface area contributed by atoms with Crippen molar-refractivity contribution in [2.75, 3.05) is 11.9 Å². The van der Waals surface area contributed by atoms with Crippen LogP contribution in [0, 0.1) is 0 Å². The van der Waals surface area contributed by atoms with E-state index in [4.69, 9.17) is 16.3 Å². The van der Waals surface area contributed by atoms with Crippen LogP contribution in [0.3, 0.4) is 0 Å². The van der Waals surface area contributed by atoms with Gasteiger partial charge in [-0.25, -0.2) is 4.79 Å². The van der Waals surface area contributed by atoms with E-state index >= 15 is 0 Å². The minimum Gasteiger partial charge on any atom is -0.449 e. The topological polar surface area (TPSA) is 38.3 Å². The molecule has 1 aromatic rings. The van der Waals surface area contributed by atoms with Gasteiger partial charge in [0.15, 0.2) is 0 Å². The van der Waals surface area contributed by atoms with Gasteiger partial charge in [0.05, 0.1) is 11.6 Å². The van der Waals surface area contributed by atoms with E-state index in [1.807, 2.05) is 19.9 Å². The molecule has 0 aliphatic rings. The molecule has 0 unspecified atom stereocenters. The third-order valence-electron chi connectivity index (χ3n) is 2.11. The van der Waals surface area contributed by atoms with Crippen LogP contribution in [0.15, 0.2) is 24.8 Å². The lowest BCUT2D eigenvalue weighted by atomic mass is 10.1. The predicted octanol–water partition coefficient (Wildman–Crippen LogP) is 4.33. The molecule has 3 nitrogen and oxygen atoms in total. The van der Waals surface area contributed by atoms with Crippen LogP contribution in [0.1, 0.15) is 25.8 Å². The molecule has 0 atom stereocenters. The SMILES string of the molecule is C=C(C)c1ccc(NC(=O)OCCC)cc1Cl. The largest absolute Gasteiger partial charge is 0.449 e. The number of carbonyl (C=O) groups is 1. The fraction of sp³-hybridized carbons (Fsp3) is 0.308. The number of hydrogen-bond donors (Lipinski definition) is 1. The van der Waals surface area contributed by atoms with E-state index in [1.54, 1.807) is 12.1 Å². The molecule has 0 saturated heterocycles. The number of benzene rings is 1. The molecule has 0 aliphatic carbocycles. The number of amides is 1. The Balaban J connectivity index is 2.70. The average molecular weight is 254 g/mol. The molecular weight excluding hydrogens is 238 g/mol. The van der Waals surface area contributed by atoms with Gasteiger partial charge in [-0.3, -0.25) is 5.32 Å². The van der Waals surface area contributed by atoms with E-state index < -0.39 is 6.09 Å². The number of rotatable bonds is 4. The molecule has 0 aliphatic heterocycles. The van der Waals surface area contributed by atoms with Gasteiger partial charge in [0, 0.05) is 5.69 Å². The summed E-state index contributed by atoms with van der Waals surface area (Å²) in [6, 6.07) is 5.27. The molecule has 0 radical (unpaired) electrons. The average Bonchev–Trinajstić information content (AvgIpc) is 2.26. The highest BCUT2D eigenvalue weighted by atomic mass is 35.5. The zero-order chi connectivity index (χ0) is 12.8. The fourth-order valence-electron chi connectivity index (χ4n) is 1.29. The molecule has 0 heterocycles. The molecule has 92 valence electrons. The number of nitrogens with one attached hydrogen (secondary N) is 1. The van der Waals surface area contributed by atoms with Crippen LogP contribution < -0.4 is 5.32 Å². The molecule has 0 fully saturated rings. The van der Waals surface area contributed by atoms with Crippen LogP contribution in [-0.4, -0.2) is 12.7 Å². The van der Waals surface area contributed by atoms with Crippen LogP contribution in [0.5, 0.6) is 0 Å². The summed E-state index contributed by atoms with van der Waals surface area (Å²) < 4.78 is 4.90. The minimum atomic E-state index is -0.467. The summed E-state index contributed by atoms with van der Waals surface area (Å²) in [6.45, 7) is 8.04. The third kappa shape index (κ3) is 4.11. The Morgan fingerprint density at radius 2 is 2.24 bits per heavy atom. The first-order valence-electron chi connectivity index (χ1n) is 5.43. The second-order valence-corrected chi connectivity index (χ2v) is 4.14. The first-order chi connectivity index (χ1) is 8.04. The van der Waals surface area contributed by atoms with E-state index in [0.29, 0.717) is 17.3 Å². The maximum Gasteiger partial charge on any atom is 0.411 e. The summed E-state index contributed by atoms with van der Waals surface area (Å²) in [7, 11) is 0. The molecule has 0 spiro atoms. The quantitative estimate of drug-likeness (QED) is 0.867. The summed E-state index contributed by atoms with van der Waals surface area (Å²) in [5, 5.41) is 3.17. The minimum absolute atomic E-state index is 0.406. The van der Waals surface area contributed by atoms with Crippen molar-refractivity contribution in [3.63, 3.8) is 0 Å². The number of ether oxygens (including phenoxy) is 1. The van der Waals surface area contributed by atoms with Crippen LogP contribution >= 0.6 is 11.6 Å². The summed E-state index contributed by atoms with van der Waals surface area (Å²) in [6.07, 6.45) is 0.328. The lowest BCUT2D eigenvalue weighted by Gasteiger charge is -2.08. The Hall–Kier alpha value is -1.48. The van der Waals surface area contributed by atoms with Crippen molar-refractivity contribution in [3.05, 3.63) is 35.4 Å². The van der Waals surface area contributed by atoms with Gasteiger partial charge in [-0.2, -0.15) is 0 Å². The van der Waals surface area contributed by atoms with Crippen molar-refractivity contribution in [3.8, 4) is 0 Å². The van der Waals surface area contributed by atoms with Gasteiger partial charge < -0.3 is 4.74 Å². The summed E-state index contributed by atoms with van der Waals surface area (Å²) in [5.41, 5.74) is 2.37. The van der Waals surface area contributed by atoms with Crippen LogP contribution in [0.2, 0.25) is 5.02 Å². The van der Waals surface area contributed by atoms with Gasteiger partial charge >= 0.3 is 6.09 Å². The van der Waals surface area contributed by atoms with Crippen molar-refractivity contribution in [1.82, 2.24) is 0 Å². The lowest BCUT2D eigenvalue weighted by Crippen LogP contribution is -2.14. The number of anilines is 1. The summed E-state index contributed by atoms with van der Waals surface area (Å²) >= 11 is 6.06. The molecule has 1 rings (SSSR count). The molecule has 17 heavy (non-hydrogen) atoms. The highest BCUT2D eigenvalue weighted by Crippen LogP contribution is 2.25. The van der Waals surface area contributed by atoms with Crippen molar-refractivity contribution in [2.45, 2.75) is 20.3 Å². The third-order valence-corrected chi connectivity index (χ3v) is 2.43. The van der Waals surface area contributed by atoms with Gasteiger partial charge in [-0.05, 0) is 36.6 Å². The molecule has 1 N–H and O–H groups in total. The Labute approximate surface area is 106 Å². The Morgan fingerprint density at radius 3 is 2.76 bits per heavy atom. The molecule has 0 aromatic heterocycles. The Bertz CT molecular complexity index is 429. The first kappa shape index (κ1) is 13.6. The second kappa shape index (κ2) is 6.30. The van der Waals surface area contributed by atoms with Crippen molar-refractivity contribution in [1.29, 1.82) is 0 Å². The molecule has 1 amide bonds. The zero-order valence-electron chi connectivity index (χ0n) is 10.0. The van der Waals surface area contributed by atoms with E-state index in [-0.39, 0.29) is 0 Å². The van der Waals surface area contributed by atoms with E-state index in [2.05, 4.69) is 11.9 Å². The van der Waals surface area contributed by atoms with Gasteiger partial charge in [-0.1, -0.05) is 31.2 Å². The van der Waals surface area contributed by atoms with Crippen molar-refractivity contribution >= 4 is 29.0 Å². The zero-order valence-corrected chi connectivity index (χ0v) is 10.8. The second-order valence-electron chi connectivity index (χ2n) is 3.74. The number of halogens is 1. The Morgan fingerprint density at radius 1 is 1.53 bits per heavy atom. The maximum atomic E-state index is 11.3. The normalized spacial score (nSPS) is 9.82. The van der Waals surface area contributed by atoms with Gasteiger partial charge in [0.25, 0.3) is 0 Å². The van der Waals surface area contributed by atoms with Crippen molar-refractivity contribution < 1.29 is 9.53 Å². The van der Waals surface area contributed by atoms with Crippen LogP contribution in [-0.2, 0) is 4.74 Å². The van der Waals surface area contributed by atoms with Gasteiger partial charge in [0.1, 0.15) is 0 Å². The monoisotopic (exact) mass is 253 g/mol. The van der Waals surface area contributed by atoms with Crippen LogP contribution in [0.25, 0.3) is 5.57 Å². The molecule has 0 bridgehead atoms. The Kier molecular flexibility index (Phi) is 5.04. The maximum absolute atomic E-state index is 11.3. The highest BCUT2D eigenvalue weighted by molar-refractivity contribution is 6.32. The number of allylic oxidation sites excluding steroid dienone is 1. The van der Waals surface area contributed by atoms with E-state index in [0.717, 1.165) is 17.6 Å². The van der Waals surface area contributed by atoms with Crippen LogP contribution in [0.4, 0.5) is 10.5 Å². The van der Waals surface area contributed by atoms with E-state index in [9.17, 15) is 4.79 Å². The molecule has 4 heteroatoms. The molecule has 1 aromatic carbocycles. The first-order valence-corrected chi connectivity index (χ1v) is 5.81.